The van der Waals surface area contributed by atoms with Crippen molar-refractivity contribution >= 4 is 15.9 Å². The number of carbonyl (C=O) groups is 1. The fraction of sp³-hybridized carbons (Fsp3) is 0.480. The Morgan fingerprint density at radius 3 is 2.33 bits per heavy atom. The highest BCUT2D eigenvalue weighted by molar-refractivity contribution is 7.89. The van der Waals surface area contributed by atoms with Crippen LogP contribution in [0.15, 0.2) is 59.5 Å². The molecule has 0 aliphatic carbocycles. The van der Waals surface area contributed by atoms with Crippen LogP contribution in [0.3, 0.4) is 0 Å². The summed E-state index contributed by atoms with van der Waals surface area (Å²) in [4.78, 5) is 15.2. The lowest BCUT2D eigenvalue weighted by Crippen LogP contribution is -2.47. The molecule has 1 N–H and O–H groups in total. The van der Waals surface area contributed by atoms with Crippen molar-refractivity contribution in [2.45, 2.75) is 43.2 Å². The van der Waals surface area contributed by atoms with E-state index in [1.807, 2.05) is 18.2 Å². The summed E-state index contributed by atoms with van der Waals surface area (Å²) in [5.74, 6) is -0.225. The molecule has 1 atom stereocenters. The first kappa shape index (κ1) is 23.9. The number of benzene rings is 2. The minimum absolute atomic E-state index is 0.0749. The molecule has 2 heterocycles. The van der Waals surface area contributed by atoms with Crippen molar-refractivity contribution < 1.29 is 17.9 Å². The maximum absolute atomic E-state index is 12.9. The van der Waals surface area contributed by atoms with E-state index >= 15 is 0 Å². The Kier molecular flexibility index (Phi) is 8.14. The fourth-order valence-electron chi connectivity index (χ4n) is 4.41. The van der Waals surface area contributed by atoms with E-state index in [-0.39, 0.29) is 16.9 Å². The van der Waals surface area contributed by atoms with Crippen molar-refractivity contribution in [1.29, 1.82) is 0 Å². The van der Waals surface area contributed by atoms with E-state index in [4.69, 9.17) is 4.74 Å². The lowest BCUT2D eigenvalue weighted by Gasteiger charge is -2.33. The Morgan fingerprint density at radius 2 is 1.64 bits per heavy atom. The van der Waals surface area contributed by atoms with Crippen molar-refractivity contribution in [2.24, 2.45) is 0 Å². The molecular weight excluding hydrogens is 438 g/mol. The second kappa shape index (κ2) is 11.2. The molecule has 178 valence electrons. The number of hydrogen-bond acceptors (Lipinski definition) is 5. The van der Waals surface area contributed by atoms with Gasteiger partial charge in [-0.2, -0.15) is 4.31 Å². The molecule has 1 unspecified atom stereocenters. The Labute approximate surface area is 196 Å². The van der Waals surface area contributed by atoms with Crippen LogP contribution in [0.25, 0.3) is 0 Å². The Balaban J connectivity index is 1.29. The first-order valence-electron chi connectivity index (χ1n) is 11.8. The van der Waals surface area contributed by atoms with Crippen LogP contribution in [0, 0.1) is 0 Å². The summed E-state index contributed by atoms with van der Waals surface area (Å²) in [7, 11) is -3.51. The maximum atomic E-state index is 12.9. The highest BCUT2D eigenvalue weighted by atomic mass is 32.2. The molecule has 0 bridgehead atoms. The SMILES string of the molecule is O=C(NCC1CN(Cc2ccccc2)CCO1)c1ccc(S(=O)(=O)N2CCCCCC2)cc1. The molecule has 33 heavy (non-hydrogen) atoms. The Morgan fingerprint density at radius 1 is 0.939 bits per heavy atom. The molecule has 2 aliphatic heterocycles. The molecule has 2 aromatic carbocycles. The predicted molar refractivity (Wildman–Crippen MR) is 127 cm³/mol. The molecular formula is C25H33N3O4S. The standard InChI is InChI=1S/C25H33N3O4S/c29-25(26-18-23-20-27(16-17-32-23)19-21-8-4-3-5-9-21)22-10-12-24(13-11-22)33(30,31)28-14-6-1-2-7-15-28/h3-5,8-13,23H,1-2,6-7,14-20H2,(H,26,29). The van der Waals surface area contributed by atoms with Crippen LogP contribution in [0.1, 0.15) is 41.6 Å². The topological polar surface area (TPSA) is 79.0 Å². The number of nitrogens with zero attached hydrogens (tertiary/aromatic N) is 2. The highest BCUT2D eigenvalue weighted by Gasteiger charge is 2.25. The number of rotatable bonds is 7. The molecule has 0 aromatic heterocycles. The van der Waals surface area contributed by atoms with E-state index in [1.54, 1.807) is 16.4 Å². The summed E-state index contributed by atoms with van der Waals surface area (Å²) in [6.07, 6.45) is 3.85. The second-order valence-corrected chi connectivity index (χ2v) is 10.7. The maximum Gasteiger partial charge on any atom is 0.251 e. The van der Waals surface area contributed by atoms with Crippen LogP contribution in [0.2, 0.25) is 0 Å². The van der Waals surface area contributed by atoms with E-state index in [2.05, 4.69) is 22.3 Å². The van der Waals surface area contributed by atoms with Gasteiger partial charge in [0.05, 0.1) is 17.6 Å². The first-order chi connectivity index (χ1) is 16.0. The molecule has 2 aromatic rings. The lowest BCUT2D eigenvalue weighted by molar-refractivity contribution is -0.0292. The number of carbonyl (C=O) groups excluding carboxylic acids is 1. The molecule has 0 radical (unpaired) electrons. The second-order valence-electron chi connectivity index (χ2n) is 8.77. The van der Waals surface area contributed by atoms with Gasteiger partial charge in [-0.15, -0.1) is 0 Å². The number of ether oxygens (including phenoxy) is 1. The van der Waals surface area contributed by atoms with Crippen LogP contribution in [0.5, 0.6) is 0 Å². The van der Waals surface area contributed by atoms with Crippen molar-refractivity contribution in [3.05, 3.63) is 65.7 Å². The number of amides is 1. The summed E-state index contributed by atoms with van der Waals surface area (Å²) in [5, 5.41) is 2.93. The van der Waals surface area contributed by atoms with Crippen molar-refractivity contribution in [1.82, 2.24) is 14.5 Å². The van der Waals surface area contributed by atoms with Crippen LogP contribution in [-0.4, -0.2) is 69.0 Å². The van der Waals surface area contributed by atoms with Gasteiger partial charge in [0.25, 0.3) is 5.91 Å². The third kappa shape index (κ3) is 6.41. The van der Waals surface area contributed by atoms with Gasteiger partial charge in [0, 0.05) is 44.8 Å². The lowest BCUT2D eigenvalue weighted by atomic mass is 10.2. The van der Waals surface area contributed by atoms with Crippen LogP contribution >= 0.6 is 0 Å². The molecule has 4 rings (SSSR count). The quantitative estimate of drug-likeness (QED) is 0.672. The third-order valence-corrected chi connectivity index (χ3v) is 8.19. The zero-order valence-electron chi connectivity index (χ0n) is 19.0. The smallest absolute Gasteiger partial charge is 0.251 e. The molecule has 7 nitrogen and oxygen atoms in total. The molecule has 0 spiro atoms. The predicted octanol–water partition coefficient (Wildman–Crippen LogP) is 2.88. The zero-order chi connectivity index (χ0) is 23.1. The van der Waals surface area contributed by atoms with Crippen molar-refractivity contribution in [3.63, 3.8) is 0 Å². The Hall–Kier alpha value is -2.26. The van der Waals surface area contributed by atoms with Gasteiger partial charge in [0.15, 0.2) is 0 Å². The van der Waals surface area contributed by atoms with Crippen molar-refractivity contribution in [2.75, 3.05) is 39.3 Å². The molecule has 2 fully saturated rings. The number of morpholine rings is 1. The van der Waals surface area contributed by atoms with Crippen LogP contribution < -0.4 is 5.32 Å². The van der Waals surface area contributed by atoms with Gasteiger partial charge in [0.2, 0.25) is 10.0 Å². The largest absolute Gasteiger partial charge is 0.374 e. The first-order valence-corrected chi connectivity index (χ1v) is 13.2. The summed E-state index contributed by atoms with van der Waals surface area (Å²) in [5.41, 5.74) is 1.71. The van der Waals surface area contributed by atoms with Gasteiger partial charge in [-0.1, -0.05) is 43.2 Å². The summed E-state index contributed by atoms with van der Waals surface area (Å²) < 4.78 is 33.2. The van der Waals surface area contributed by atoms with E-state index < -0.39 is 10.0 Å². The Bertz CT molecular complexity index is 1000. The molecule has 2 aliphatic rings. The highest BCUT2D eigenvalue weighted by Crippen LogP contribution is 2.20. The van der Waals surface area contributed by atoms with Gasteiger partial charge < -0.3 is 10.1 Å². The zero-order valence-corrected chi connectivity index (χ0v) is 19.8. The van der Waals surface area contributed by atoms with Crippen molar-refractivity contribution in [3.8, 4) is 0 Å². The minimum atomic E-state index is -3.51. The van der Waals surface area contributed by atoms with Gasteiger partial charge in [0.1, 0.15) is 0 Å². The van der Waals surface area contributed by atoms with Crippen LogP contribution in [-0.2, 0) is 21.3 Å². The van der Waals surface area contributed by atoms with Crippen LogP contribution in [0.4, 0.5) is 0 Å². The summed E-state index contributed by atoms with van der Waals surface area (Å²) in [6.45, 7) is 4.66. The average molecular weight is 472 g/mol. The molecule has 1 amide bonds. The summed E-state index contributed by atoms with van der Waals surface area (Å²) in [6, 6.07) is 16.6. The summed E-state index contributed by atoms with van der Waals surface area (Å²) >= 11 is 0. The minimum Gasteiger partial charge on any atom is -0.374 e. The van der Waals surface area contributed by atoms with Gasteiger partial charge in [-0.05, 0) is 42.7 Å². The fourth-order valence-corrected chi connectivity index (χ4v) is 5.92. The van der Waals surface area contributed by atoms with Gasteiger partial charge in [-0.25, -0.2) is 8.42 Å². The normalized spacial score (nSPS) is 20.8. The van der Waals surface area contributed by atoms with E-state index in [1.165, 1.54) is 17.7 Å². The molecule has 8 heteroatoms. The number of sulfonamides is 1. The van der Waals surface area contributed by atoms with Gasteiger partial charge >= 0.3 is 0 Å². The monoisotopic (exact) mass is 471 g/mol. The number of nitrogens with one attached hydrogen (secondary N) is 1. The third-order valence-electron chi connectivity index (χ3n) is 6.28. The van der Waals surface area contributed by atoms with E-state index in [9.17, 15) is 13.2 Å². The van der Waals surface area contributed by atoms with E-state index in [0.29, 0.717) is 31.8 Å². The van der Waals surface area contributed by atoms with E-state index in [0.717, 1.165) is 45.3 Å². The molecule has 2 saturated heterocycles. The van der Waals surface area contributed by atoms with Gasteiger partial charge in [-0.3, -0.25) is 9.69 Å². The number of hydrogen-bond donors (Lipinski definition) is 1. The molecule has 0 saturated carbocycles. The average Bonchev–Trinajstić information content (AvgIpc) is 3.14.